The largest absolute Gasteiger partial charge is 0.488 e. The summed E-state index contributed by atoms with van der Waals surface area (Å²) in [6, 6.07) is 3.95. The van der Waals surface area contributed by atoms with Crippen molar-refractivity contribution in [1.82, 2.24) is 19.7 Å². The lowest BCUT2D eigenvalue weighted by Crippen LogP contribution is -2.74. The number of amides is 1. The quantitative estimate of drug-likeness (QED) is 0.274. The van der Waals surface area contributed by atoms with E-state index in [1.54, 1.807) is 43.9 Å². The van der Waals surface area contributed by atoms with E-state index in [0.717, 1.165) is 11.8 Å². The molecule has 1 aromatic heterocycles. The molecule has 3 heterocycles. The van der Waals surface area contributed by atoms with Crippen molar-refractivity contribution in [2.75, 3.05) is 23.0 Å². The molecule has 2 unspecified atom stereocenters. The Labute approximate surface area is 236 Å². The summed E-state index contributed by atoms with van der Waals surface area (Å²) in [4.78, 5) is 41.8. The fourth-order valence-electron chi connectivity index (χ4n) is 4.31. The Kier molecular flexibility index (Phi) is 8.01. The van der Waals surface area contributed by atoms with Crippen LogP contribution in [0.4, 0.5) is 5.69 Å². The SMILES string of the molecule is CC(=S)N(c1cc(Cl)ccc1Cl)C1C(=O)N2CC(CSc3nnc(O)c(=O)n3C(C)C)(C(=O)O)CS[C@H]12. The van der Waals surface area contributed by atoms with E-state index in [-0.39, 0.29) is 40.5 Å². The van der Waals surface area contributed by atoms with Gasteiger partial charge in [-0.25, -0.2) is 0 Å². The monoisotopic (exact) mass is 603 g/mol. The van der Waals surface area contributed by atoms with Crippen molar-refractivity contribution < 1.29 is 19.8 Å². The molecule has 0 saturated carbocycles. The lowest BCUT2D eigenvalue weighted by Gasteiger charge is -2.56. The summed E-state index contributed by atoms with van der Waals surface area (Å²) < 4.78 is 1.26. The molecule has 3 atom stereocenters. The highest BCUT2D eigenvalue weighted by Crippen LogP contribution is 2.47. The number of hydrogen-bond acceptors (Lipinski definition) is 9. The Morgan fingerprint density at radius 2 is 2.05 bits per heavy atom. The number of rotatable bonds is 7. The molecule has 0 spiro atoms. The number of aliphatic carboxylic acids is 1. The van der Waals surface area contributed by atoms with E-state index in [9.17, 15) is 24.6 Å². The number of nitrogens with zero attached hydrogens (tertiary/aromatic N) is 5. The van der Waals surface area contributed by atoms with Crippen LogP contribution in [0.15, 0.2) is 28.2 Å². The molecule has 198 valence electrons. The minimum atomic E-state index is -1.30. The summed E-state index contributed by atoms with van der Waals surface area (Å²) in [7, 11) is 0. The van der Waals surface area contributed by atoms with Crippen LogP contribution >= 0.6 is 58.9 Å². The number of carboxylic acid groups (broad SMARTS) is 1. The van der Waals surface area contributed by atoms with Gasteiger partial charge in [0.2, 0.25) is 5.91 Å². The molecule has 37 heavy (non-hydrogen) atoms. The van der Waals surface area contributed by atoms with Gasteiger partial charge in [-0.05, 0) is 39.0 Å². The first-order valence-corrected chi connectivity index (χ1v) is 14.3. The number of aromatic nitrogens is 3. The number of carbonyl (C=O) groups excluding carboxylic acids is 1. The van der Waals surface area contributed by atoms with Crippen molar-refractivity contribution in [1.29, 1.82) is 0 Å². The summed E-state index contributed by atoms with van der Waals surface area (Å²) in [6.07, 6.45) is 0. The number of halogens is 2. The molecule has 2 aliphatic heterocycles. The molecule has 10 nitrogen and oxygen atoms in total. The van der Waals surface area contributed by atoms with Gasteiger partial charge in [0.1, 0.15) is 16.8 Å². The highest BCUT2D eigenvalue weighted by molar-refractivity contribution is 8.00. The predicted molar refractivity (Wildman–Crippen MR) is 148 cm³/mol. The topological polar surface area (TPSA) is 129 Å². The standard InChI is InChI=1S/C22H23Cl2N5O5S3/c1-10(2)28-18(32)16(30)25-26-21(28)37-9-22(20(33)34)7-27-17(31)15(19(27)36-8-22)29(11(3)35)14-6-12(23)4-5-13(14)24/h4-6,10,15,19H,7-9H2,1-3H3,(H,25,30)(H,33,34)/t15?,19-,22?/m1/s1. The van der Waals surface area contributed by atoms with Gasteiger partial charge in [0, 0.05) is 29.1 Å². The van der Waals surface area contributed by atoms with Crippen molar-refractivity contribution in [2.24, 2.45) is 5.41 Å². The fourth-order valence-corrected chi connectivity index (χ4v) is 7.86. The van der Waals surface area contributed by atoms with Crippen LogP contribution in [0.25, 0.3) is 0 Å². The van der Waals surface area contributed by atoms with Crippen LogP contribution < -0.4 is 10.5 Å². The molecule has 1 aromatic carbocycles. The molecule has 0 radical (unpaired) electrons. The van der Waals surface area contributed by atoms with Gasteiger partial charge in [0.25, 0.3) is 5.88 Å². The van der Waals surface area contributed by atoms with E-state index in [4.69, 9.17) is 35.4 Å². The number of aromatic hydroxyl groups is 1. The van der Waals surface area contributed by atoms with Crippen molar-refractivity contribution in [3.63, 3.8) is 0 Å². The Balaban J connectivity index is 1.57. The van der Waals surface area contributed by atoms with E-state index in [1.807, 2.05) is 0 Å². The first-order chi connectivity index (χ1) is 17.4. The lowest BCUT2D eigenvalue weighted by atomic mass is 9.89. The fraction of sp³-hybridized carbons (Fsp3) is 0.455. The molecular formula is C22H23Cl2N5O5S3. The molecule has 0 bridgehead atoms. The molecule has 0 aliphatic carbocycles. The van der Waals surface area contributed by atoms with E-state index in [0.29, 0.717) is 20.7 Å². The first kappa shape index (κ1) is 28.0. The average molecular weight is 605 g/mol. The van der Waals surface area contributed by atoms with Crippen molar-refractivity contribution in [3.8, 4) is 5.88 Å². The van der Waals surface area contributed by atoms with Crippen molar-refractivity contribution >= 4 is 81.5 Å². The molecule has 2 aliphatic rings. The van der Waals surface area contributed by atoms with Crippen LogP contribution in [0.1, 0.15) is 26.8 Å². The highest BCUT2D eigenvalue weighted by Gasteiger charge is 2.59. The van der Waals surface area contributed by atoms with Crippen molar-refractivity contribution in [2.45, 2.75) is 43.4 Å². The van der Waals surface area contributed by atoms with E-state index in [2.05, 4.69) is 10.2 Å². The predicted octanol–water partition coefficient (Wildman–Crippen LogP) is 3.53. The first-order valence-electron chi connectivity index (χ1n) is 11.1. The van der Waals surface area contributed by atoms with Gasteiger partial charge >= 0.3 is 11.5 Å². The Morgan fingerprint density at radius 1 is 1.35 bits per heavy atom. The molecule has 2 saturated heterocycles. The van der Waals surface area contributed by atoms with Crippen LogP contribution in [-0.2, 0) is 9.59 Å². The Hall–Kier alpha value is -2.06. The number of hydrogen-bond donors (Lipinski definition) is 2. The molecule has 1 amide bonds. The summed E-state index contributed by atoms with van der Waals surface area (Å²) in [5.74, 6) is -1.80. The van der Waals surface area contributed by atoms with E-state index < -0.39 is 28.9 Å². The molecule has 2 aromatic rings. The summed E-state index contributed by atoms with van der Waals surface area (Å²) >= 11 is 20.4. The second-order valence-corrected chi connectivity index (χ2v) is 12.5. The number of carbonyl (C=O) groups is 2. The van der Waals surface area contributed by atoms with E-state index >= 15 is 0 Å². The maximum absolute atomic E-state index is 13.4. The highest BCUT2D eigenvalue weighted by atomic mass is 35.5. The van der Waals surface area contributed by atoms with Crippen LogP contribution in [0.2, 0.25) is 10.0 Å². The van der Waals surface area contributed by atoms with E-state index in [1.165, 1.54) is 21.2 Å². The number of benzene rings is 1. The molecule has 2 fully saturated rings. The van der Waals surface area contributed by atoms with Crippen molar-refractivity contribution in [3.05, 3.63) is 38.6 Å². The molecule has 2 N–H and O–H groups in total. The Bertz CT molecular complexity index is 1340. The van der Waals surface area contributed by atoms with Gasteiger partial charge < -0.3 is 20.0 Å². The Morgan fingerprint density at radius 3 is 2.68 bits per heavy atom. The molecule has 15 heteroatoms. The third-order valence-corrected chi connectivity index (χ3v) is 9.75. The van der Waals surface area contributed by atoms with Gasteiger partial charge in [-0.2, -0.15) is 0 Å². The maximum atomic E-state index is 13.4. The third kappa shape index (κ3) is 5.03. The van der Waals surface area contributed by atoms with Gasteiger partial charge in [0.15, 0.2) is 5.16 Å². The van der Waals surface area contributed by atoms with Crippen LogP contribution in [-0.4, -0.2) is 76.2 Å². The summed E-state index contributed by atoms with van der Waals surface area (Å²) in [5.41, 5.74) is -1.48. The van der Waals surface area contributed by atoms with Crippen LogP contribution in [0.5, 0.6) is 5.88 Å². The van der Waals surface area contributed by atoms with Crippen LogP contribution in [0, 0.1) is 5.41 Å². The van der Waals surface area contributed by atoms with Gasteiger partial charge in [-0.1, -0.05) is 47.2 Å². The average Bonchev–Trinajstić information content (AvgIpc) is 2.84. The van der Waals surface area contributed by atoms with Crippen LogP contribution in [0.3, 0.4) is 0 Å². The number of thioether (sulfide) groups is 2. The second-order valence-electron chi connectivity index (χ2n) is 9.05. The zero-order valence-corrected chi connectivity index (χ0v) is 23.9. The zero-order chi connectivity index (χ0) is 27.2. The smallest absolute Gasteiger partial charge is 0.316 e. The lowest BCUT2D eigenvalue weighted by molar-refractivity contribution is -0.155. The number of anilines is 1. The third-order valence-electron chi connectivity index (χ3n) is 6.20. The molecule has 4 rings (SSSR count). The maximum Gasteiger partial charge on any atom is 0.316 e. The molecular weight excluding hydrogens is 581 g/mol. The normalized spacial score (nSPS) is 23.0. The minimum absolute atomic E-state index is 0.0205. The summed E-state index contributed by atoms with van der Waals surface area (Å²) in [6.45, 7) is 5.17. The minimum Gasteiger partial charge on any atom is -0.488 e. The van der Waals surface area contributed by atoms with Gasteiger partial charge in [0.05, 0.1) is 15.7 Å². The number of thiocarbonyl (C=S) groups is 1. The second kappa shape index (κ2) is 10.6. The summed E-state index contributed by atoms with van der Waals surface area (Å²) in [5, 5.41) is 27.9. The number of fused-ring (bicyclic) bond motifs is 1. The van der Waals surface area contributed by atoms with Gasteiger partial charge in [-0.3, -0.25) is 19.0 Å². The number of β-lactam (4-membered cyclic amide) rings is 1. The zero-order valence-electron chi connectivity index (χ0n) is 19.9. The van der Waals surface area contributed by atoms with Gasteiger partial charge in [-0.15, -0.1) is 22.0 Å². The number of carboxylic acids is 1.